The van der Waals surface area contributed by atoms with E-state index in [1.807, 2.05) is 0 Å². The Bertz CT molecular complexity index is 1240. The number of benzene rings is 2. The predicted octanol–water partition coefficient (Wildman–Crippen LogP) is 4.31. The zero-order valence-corrected chi connectivity index (χ0v) is 20.9. The number of halogens is 3. The molecule has 0 aliphatic rings. The van der Waals surface area contributed by atoms with Crippen molar-refractivity contribution in [3.63, 3.8) is 0 Å². The highest BCUT2D eigenvalue weighted by atomic mass is 35.5. The molecule has 8 nitrogen and oxygen atoms in total. The molecule has 0 aliphatic heterocycles. The smallest absolute Gasteiger partial charge is 0.255 e. The first-order chi connectivity index (χ1) is 16.7. The average Bonchev–Trinajstić information content (AvgIpc) is 2.84. The Morgan fingerprint density at radius 3 is 2.29 bits per heavy atom. The molecule has 2 amide bonds. The van der Waals surface area contributed by atoms with Crippen molar-refractivity contribution in [1.82, 2.24) is 14.9 Å². The number of aliphatic hydroxyl groups excluding tert-OH is 1. The van der Waals surface area contributed by atoms with Gasteiger partial charge in [-0.1, -0.05) is 40.9 Å². The molecule has 1 aromatic heterocycles. The van der Waals surface area contributed by atoms with E-state index in [1.165, 1.54) is 34.3 Å². The third-order valence-electron chi connectivity index (χ3n) is 5.03. The van der Waals surface area contributed by atoms with Crippen molar-refractivity contribution >= 4 is 58.1 Å². The minimum Gasteiger partial charge on any atom is -0.395 e. The lowest BCUT2D eigenvalue weighted by Crippen LogP contribution is -2.33. The molecule has 11 heteroatoms. The molecule has 1 heterocycles. The summed E-state index contributed by atoms with van der Waals surface area (Å²) in [6.45, 7) is 0.0121. The van der Waals surface area contributed by atoms with Gasteiger partial charge in [-0.2, -0.15) is 0 Å². The second-order valence-electron chi connectivity index (χ2n) is 7.52. The first kappa shape index (κ1) is 26.6. The number of likely N-dealkylation sites (N-methyl/N-ethyl adjacent to an activating group) is 1. The zero-order chi connectivity index (χ0) is 25.5. The van der Waals surface area contributed by atoms with Crippen molar-refractivity contribution in [2.24, 2.45) is 0 Å². The molecule has 0 spiro atoms. The van der Waals surface area contributed by atoms with Crippen LogP contribution < -0.4 is 4.90 Å². The molecule has 0 radical (unpaired) electrons. The molecule has 0 unspecified atom stereocenters. The van der Waals surface area contributed by atoms with E-state index in [0.717, 1.165) is 0 Å². The number of nitrogens with zero attached hydrogens (tertiary/aromatic N) is 4. The van der Waals surface area contributed by atoms with Gasteiger partial charge in [-0.25, -0.2) is 9.97 Å². The topological polar surface area (TPSA) is 104 Å². The van der Waals surface area contributed by atoms with Gasteiger partial charge in [-0.15, -0.1) is 0 Å². The van der Waals surface area contributed by atoms with Crippen LogP contribution in [0.1, 0.15) is 33.0 Å². The van der Waals surface area contributed by atoms with Gasteiger partial charge in [0.15, 0.2) is 5.82 Å². The number of aliphatic hydroxyl groups is 1. The summed E-state index contributed by atoms with van der Waals surface area (Å²) in [7, 11) is 1.54. The number of rotatable bonds is 9. The Kier molecular flexibility index (Phi) is 9.17. The van der Waals surface area contributed by atoms with Gasteiger partial charge in [-0.05, 0) is 42.0 Å². The fourth-order valence-electron chi connectivity index (χ4n) is 3.20. The van der Waals surface area contributed by atoms with E-state index < -0.39 is 18.1 Å². The SMILES string of the molecule is CN(CCO)C(=O)c1ccc(N(Cc2ccc(Cl)c(Cl)c2)C(=O)CC(=O)c2ncccn2)cc1Cl. The second-order valence-corrected chi connectivity index (χ2v) is 8.74. The van der Waals surface area contributed by atoms with E-state index in [0.29, 0.717) is 21.3 Å². The highest BCUT2D eigenvalue weighted by Crippen LogP contribution is 2.28. The molecule has 3 aromatic rings. The Balaban J connectivity index is 1.93. The summed E-state index contributed by atoms with van der Waals surface area (Å²) in [5, 5.41) is 9.88. The maximum absolute atomic E-state index is 13.3. The van der Waals surface area contributed by atoms with Crippen LogP contribution in [-0.2, 0) is 11.3 Å². The number of hydrogen-bond donors (Lipinski definition) is 1. The number of carbonyl (C=O) groups is 3. The molecule has 182 valence electrons. The van der Waals surface area contributed by atoms with Gasteiger partial charge < -0.3 is 14.9 Å². The van der Waals surface area contributed by atoms with E-state index in [2.05, 4.69) is 9.97 Å². The van der Waals surface area contributed by atoms with E-state index in [-0.39, 0.29) is 42.0 Å². The summed E-state index contributed by atoms with van der Waals surface area (Å²) < 4.78 is 0. The van der Waals surface area contributed by atoms with Crippen LogP contribution in [0.15, 0.2) is 54.9 Å². The van der Waals surface area contributed by atoms with Crippen molar-refractivity contribution < 1.29 is 19.5 Å². The Morgan fingerprint density at radius 1 is 0.943 bits per heavy atom. The van der Waals surface area contributed by atoms with E-state index in [9.17, 15) is 14.4 Å². The number of Topliss-reactive ketones (excluding diaryl/α,β-unsaturated/α-hetero) is 1. The molecule has 3 rings (SSSR count). The van der Waals surface area contributed by atoms with Crippen LogP contribution in [0.4, 0.5) is 5.69 Å². The van der Waals surface area contributed by atoms with Crippen LogP contribution in [0.2, 0.25) is 15.1 Å². The number of amides is 2. The average molecular weight is 536 g/mol. The van der Waals surface area contributed by atoms with E-state index in [1.54, 1.807) is 37.4 Å². The lowest BCUT2D eigenvalue weighted by Gasteiger charge is -2.24. The number of anilines is 1. The molecule has 0 saturated carbocycles. The molecular formula is C24H21Cl3N4O4. The van der Waals surface area contributed by atoms with Crippen LogP contribution in [0, 0.1) is 0 Å². The van der Waals surface area contributed by atoms with Gasteiger partial charge in [0.2, 0.25) is 11.7 Å². The summed E-state index contributed by atoms with van der Waals surface area (Å²) in [6.07, 6.45) is 2.35. The highest BCUT2D eigenvalue weighted by molar-refractivity contribution is 6.42. The lowest BCUT2D eigenvalue weighted by molar-refractivity contribution is -0.117. The molecule has 0 saturated heterocycles. The maximum atomic E-state index is 13.3. The summed E-state index contributed by atoms with van der Waals surface area (Å²) in [4.78, 5) is 48.9. The molecular weight excluding hydrogens is 515 g/mol. The molecule has 1 N–H and O–H groups in total. The van der Waals surface area contributed by atoms with Gasteiger partial charge >= 0.3 is 0 Å². The number of aromatic nitrogens is 2. The third-order valence-corrected chi connectivity index (χ3v) is 6.08. The molecule has 2 aromatic carbocycles. The standard InChI is InChI=1S/C24H21Cl3N4O4/c1-30(9-10-32)24(35)17-5-4-16(12-19(17)26)31(14-15-3-6-18(25)20(27)11-15)22(34)13-21(33)23-28-7-2-8-29-23/h2-8,11-12,32H,9-10,13-14H2,1H3. The summed E-state index contributed by atoms with van der Waals surface area (Å²) >= 11 is 18.5. The van der Waals surface area contributed by atoms with E-state index >= 15 is 0 Å². The Morgan fingerprint density at radius 2 is 1.66 bits per heavy atom. The molecule has 35 heavy (non-hydrogen) atoms. The monoisotopic (exact) mass is 534 g/mol. The Hall–Kier alpha value is -3.04. The highest BCUT2D eigenvalue weighted by Gasteiger charge is 2.24. The minimum atomic E-state index is -0.543. The number of hydrogen-bond acceptors (Lipinski definition) is 6. The van der Waals surface area contributed by atoms with Gasteiger partial charge in [0.05, 0.1) is 40.2 Å². The minimum absolute atomic E-state index is 0.0622. The van der Waals surface area contributed by atoms with Crippen molar-refractivity contribution in [2.45, 2.75) is 13.0 Å². The molecule has 0 atom stereocenters. The first-order valence-corrected chi connectivity index (χ1v) is 11.5. The summed E-state index contributed by atoms with van der Waals surface area (Å²) in [5.74, 6) is -1.52. The third kappa shape index (κ3) is 6.76. The fourth-order valence-corrected chi connectivity index (χ4v) is 3.78. The maximum Gasteiger partial charge on any atom is 0.255 e. The molecule has 0 bridgehead atoms. The molecule has 0 fully saturated rings. The van der Waals surface area contributed by atoms with Crippen LogP contribution in [0.3, 0.4) is 0 Å². The van der Waals surface area contributed by atoms with Gasteiger partial charge in [-0.3, -0.25) is 14.4 Å². The van der Waals surface area contributed by atoms with Gasteiger partial charge in [0, 0.05) is 31.7 Å². The van der Waals surface area contributed by atoms with Crippen molar-refractivity contribution in [3.8, 4) is 0 Å². The van der Waals surface area contributed by atoms with Crippen LogP contribution in [0.25, 0.3) is 0 Å². The summed E-state index contributed by atoms with van der Waals surface area (Å²) in [5.41, 5.74) is 1.24. The van der Waals surface area contributed by atoms with Gasteiger partial charge in [0.1, 0.15) is 0 Å². The van der Waals surface area contributed by atoms with Crippen molar-refractivity contribution in [1.29, 1.82) is 0 Å². The largest absolute Gasteiger partial charge is 0.395 e. The normalized spacial score (nSPS) is 10.7. The van der Waals surface area contributed by atoms with Gasteiger partial charge in [0.25, 0.3) is 5.91 Å². The van der Waals surface area contributed by atoms with Crippen molar-refractivity contribution in [2.75, 3.05) is 25.1 Å². The second kappa shape index (κ2) is 12.1. The zero-order valence-electron chi connectivity index (χ0n) is 18.6. The van der Waals surface area contributed by atoms with E-state index in [4.69, 9.17) is 39.9 Å². The quantitative estimate of drug-likeness (QED) is 0.323. The predicted molar refractivity (Wildman–Crippen MR) is 134 cm³/mol. The number of carbonyl (C=O) groups excluding carboxylic acids is 3. The Labute approximate surface area is 217 Å². The van der Waals surface area contributed by atoms with Crippen LogP contribution >= 0.6 is 34.8 Å². The number of ketones is 1. The van der Waals surface area contributed by atoms with Crippen molar-refractivity contribution in [3.05, 3.63) is 86.9 Å². The van der Waals surface area contributed by atoms with Crippen LogP contribution in [-0.4, -0.2) is 57.8 Å². The summed E-state index contributed by atoms with van der Waals surface area (Å²) in [6, 6.07) is 11.0. The molecule has 0 aliphatic carbocycles. The lowest BCUT2D eigenvalue weighted by atomic mass is 10.1. The first-order valence-electron chi connectivity index (χ1n) is 10.4. The van der Waals surface area contributed by atoms with Crippen LogP contribution in [0.5, 0.6) is 0 Å². The fraction of sp³-hybridized carbons (Fsp3) is 0.208.